The molecular formula is C22H24O6. The first-order valence-electron chi connectivity index (χ1n) is 9.36. The molecule has 2 aromatic carbocycles. The number of benzene rings is 2. The van der Waals surface area contributed by atoms with Gasteiger partial charge in [-0.25, -0.2) is 0 Å². The van der Waals surface area contributed by atoms with Crippen LogP contribution in [-0.4, -0.2) is 49.0 Å². The molecule has 0 amide bonds. The summed E-state index contributed by atoms with van der Waals surface area (Å²) in [5.41, 5.74) is 0.888. The topological polar surface area (TPSA) is 66.4 Å². The van der Waals surface area contributed by atoms with Crippen LogP contribution in [0.1, 0.15) is 11.9 Å². The molecule has 6 heteroatoms. The first kappa shape index (κ1) is 19.1. The summed E-state index contributed by atoms with van der Waals surface area (Å²) in [7, 11) is 0. The fourth-order valence-electron chi connectivity index (χ4n) is 3.42. The first-order valence-corrected chi connectivity index (χ1v) is 9.36. The lowest BCUT2D eigenvalue weighted by Gasteiger charge is -2.47. The molecule has 6 atom stereocenters. The molecule has 0 radical (unpaired) electrons. The van der Waals surface area contributed by atoms with Crippen molar-refractivity contribution in [1.29, 1.82) is 0 Å². The summed E-state index contributed by atoms with van der Waals surface area (Å²) < 4.78 is 29.6. The van der Waals surface area contributed by atoms with Crippen molar-refractivity contribution in [3.05, 3.63) is 78.9 Å². The number of aliphatic hydroxyl groups excluding tert-OH is 1. The molecule has 2 fully saturated rings. The molecule has 28 heavy (non-hydrogen) atoms. The highest BCUT2D eigenvalue weighted by molar-refractivity contribution is 5.22. The zero-order chi connectivity index (χ0) is 19.3. The Labute approximate surface area is 164 Å². The van der Waals surface area contributed by atoms with Crippen LogP contribution in [0.5, 0.6) is 5.75 Å². The van der Waals surface area contributed by atoms with Crippen molar-refractivity contribution >= 4 is 0 Å². The van der Waals surface area contributed by atoms with E-state index in [2.05, 4.69) is 6.58 Å². The Bertz CT molecular complexity index is 752. The van der Waals surface area contributed by atoms with Crippen LogP contribution >= 0.6 is 0 Å². The van der Waals surface area contributed by atoms with Crippen molar-refractivity contribution in [3.63, 3.8) is 0 Å². The van der Waals surface area contributed by atoms with Gasteiger partial charge in [0, 0.05) is 5.56 Å². The quantitative estimate of drug-likeness (QED) is 0.773. The summed E-state index contributed by atoms with van der Waals surface area (Å²) in [5, 5.41) is 11.1. The van der Waals surface area contributed by atoms with E-state index in [0.29, 0.717) is 5.75 Å². The number of rotatable bonds is 6. The third-order valence-corrected chi connectivity index (χ3v) is 4.77. The van der Waals surface area contributed by atoms with E-state index in [1.807, 2.05) is 60.7 Å². The first-order chi connectivity index (χ1) is 13.8. The van der Waals surface area contributed by atoms with Gasteiger partial charge < -0.3 is 28.8 Å². The minimum atomic E-state index is -0.955. The van der Waals surface area contributed by atoms with Crippen molar-refractivity contribution in [2.24, 2.45) is 0 Å². The molecule has 148 valence electrons. The van der Waals surface area contributed by atoms with Crippen LogP contribution in [0, 0.1) is 0 Å². The number of hydrogen-bond acceptors (Lipinski definition) is 6. The second kappa shape index (κ2) is 8.86. The van der Waals surface area contributed by atoms with Gasteiger partial charge in [-0.05, 0) is 12.1 Å². The summed E-state index contributed by atoms with van der Waals surface area (Å²) in [6, 6.07) is 18.9. The molecule has 6 nitrogen and oxygen atoms in total. The van der Waals surface area contributed by atoms with Gasteiger partial charge in [0.15, 0.2) is 18.7 Å². The molecule has 2 saturated heterocycles. The molecule has 0 aliphatic carbocycles. The molecule has 2 heterocycles. The van der Waals surface area contributed by atoms with Crippen molar-refractivity contribution < 1.29 is 28.8 Å². The molecule has 2 aromatic rings. The summed E-state index contributed by atoms with van der Waals surface area (Å²) in [5.74, 6) is 0.618. The van der Waals surface area contributed by atoms with Gasteiger partial charge in [0.25, 0.3) is 0 Å². The Hall–Kier alpha value is -2.22. The standard InChI is InChI=1S/C22H24O6/c1-2-13-24-22-20(26-16-11-7-4-8-12-16)18(23)19-17(27-22)14-25-21(28-19)15-9-5-3-6-10-15/h2-12,17-23H,1,13-14H2/t17?,18?,19-,20?,21?,22+/m1/s1. The molecule has 0 spiro atoms. The van der Waals surface area contributed by atoms with Gasteiger partial charge in [-0.3, -0.25) is 0 Å². The zero-order valence-electron chi connectivity index (χ0n) is 15.4. The summed E-state index contributed by atoms with van der Waals surface area (Å²) in [6.45, 7) is 4.23. The van der Waals surface area contributed by atoms with Gasteiger partial charge >= 0.3 is 0 Å². The van der Waals surface area contributed by atoms with Crippen LogP contribution in [0.3, 0.4) is 0 Å². The number of aliphatic hydroxyl groups is 1. The lowest BCUT2D eigenvalue weighted by Crippen LogP contribution is -2.63. The van der Waals surface area contributed by atoms with E-state index < -0.39 is 37.0 Å². The smallest absolute Gasteiger partial charge is 0.198 e. The number of para-hydroxylation sites is 1. The predicted molar refractivity (Wildman–Crippen MR) is 102 cm³/mol. The van der Waals surface area contributed by atoms with Gasteiger partial charge in [0.1, 0.15) is 24.1 Å². The Morgan fingerprint density at radius 3 is 2.46 bits per heavy atom. The number of fused-ring (bicyclic) bond motifs is 1. The zero-order valence-corrected chi connectivity index (χ0v) is 15.4. The van der Waals surface area contributed by atoms with Gasteiger partial charge in [-0.1, -0.05) is 54.6 Å². The van der Waals surface area contributed by atoms with E-state index in [1.165, 1.54) is 0 Å². The minimum absolute atomic E-state index is 0.276. The molecule has 1 N–H and O–H groups in total. The largest absolute Gasteiger partial charge is 0.482 e. The normalized spacial score (nSPS) is 32.3. The second-order valence-corrected chi connectivity index (χ2v) is 6.73. The molecule has 2 aliphatic rings. The van der Waals surface area contributed by atoms with Gasteiger partial charge in [0.2, 0.25) is 0 Å². The number of hydrogen-bond donors (Lipinski definition) is 1. The van der Waals surface area contributed by atoms with Crippen molar-refractivity contribution in [2.75, 3.05) is 13.2 Å². The van der Waals surface area contributed by atoms with Crippen molar-refractivity contribution in [1.82, 2.24) is 0 Å². The minimum Gasteiger partial charge on any atom is -0.482 e. The van der Waals surface area contributed by atoms with Crippen LogP contribution in [0.2, 0.25) is 0 Å². The highest BCUT2D eigenvalue weighted by Gasteiger charge is 2.51. The van der Waals surface area contributed by atoms with Crippen LogP contribution < -0.4 is 4.74 Å². The second-order valence-electron chi connectivity index (χ2n) is 6.73. The third-order valence-electron chi connectivity index (χ3n) is 4.77. The summed E-state index contributed by atoms with van der Waals surface area (Å²) >= 11 is 0. The van der Waals surface area contributed by atoms with Gasteiger partial charge in [0.05, 0.1) is 13.2 Å². The van der Waals surface area contributed by atoms with E-state index in [4.69, 9.17) is 23.7 Å². The van der Waals surface area contributed by atoms with E-state index >= 15 is 0 Å². The molecule has 0 bridgehead atoms. The van der Waals surface area contributed by atoms with E-state index in [1.54, 1.807) is 6.08 Å². The average Bonchev–Trinajstić information content (AvgIpc) is 2.75. The van der Waals surface area contributed by atoms with Gasteiger partial charge in [-0.2, -0.15) is 0 Å². The lowest BCUT2D eigenvalue weighted by atomic mass is 9.97. The van der Waals surface area contributed by atoms with E-state index in [0.717, 1.165) is 5.56 Å². The Balaban J connectivity index is 1.53. The monoisotopic (exact) mass is 384 g/mol. The highest BCUT2D eigenvalue weighted by Crippen LogP contribution is 2.35. The number of ether oxygens (including phenoxy) is 5. The average molecular weight is 384 g/mol. The molecule has 2 aliphatic heterocycles. The van der Waals surface area contributed by atoms with Crippen LogP contribution in [0.25, 0.3) is 0 Å². The van der Waals surface area contributed by atoms with Crippen molar-refractivity contribution in [2.45, 2.75) is 37.0 Å². The molecule has 4 rings (SSSR count). The Kier molecular flexibility index (Phi) is 6.04. The fourth-order valence-corrected chi connectivity index (χ4v) is 3.42. The van der Waals surface area contributed by atoms with Crippen LogP contribution in [-0.2, 0) is 18.9 Å². The maximum atomic E-state index is 11.1. The third kappa shape index (κ3) is 4.11. The van der Waals surface area contributed by atoms with Crippen LogP contribution in [0.15, 0.2) is 73.3 Å². The summed E-state index contributed by atoms with van der Waals surface area (Å²) in [4.78, 5) is 0. The van der Waals surface area contributed by atoms with Crippen molar-refractivity contribution in [3.8, 4) is 5.75 Å². The maximum absolute atomic E-state index is 11.1. The van der Waals surface area contributed by atoms with E-state index in [9.17, 15) is 5.11 Å². The SMILES string of the molecule is C=CCO[C@H]1OC2COC(c3ccccc3)O[C@H]2C(O)C1Oc1ccccc1. The Morgan fingerprint density at radius 1 is 1.04 bits per heavy atom. The maximum Gasteiger partial charge on any atom is 0.198 e. The van der Waals surface area contributed by atoms with E-state index in [-0.39, 0.29) is 13.2 Å². The molecular weight excluding hydrogens is 360 g/mol. The highest BCUT2D eigenvalue weighted by atomic mass is 16.8. The molecule has 0 aromatic heterocycles. The lowest BCUT2D eigenvalue weighted by molar-refractivity contribution is -0.356. The van der Waals surface area contributed by atoms with Crippen LogP contribution in [0.4, 0.5) is 0 Å². The molecule has 0 saturated carbocycles. The summed E-state index contributed by atoms with van der Waals surface area (Å²) in [6.07, 6.45) is -2.47. The Morgan fingerprint density at radius 2 is 1.75 bits per heavy atom. The predicted octanol–water partition coefficient (Wildman–Crippen LogP) is 2.84. The fraction of sp³-hybridized carbons (Fsp3) is 0.364. The molecule has 4 unspecified atom stereocenters. The van der Waals surface area contributed by atoms with Gasteiger partial charge in [-0.15, -0.1) is 6.58 Å².